The lowest BCUT2D eigenvalue weighted by Gasteiger charge is -2.27. The molecule has 2 aliphatic rings. The van der Waals surface area contributed by atoms with Crippen LogP contribution in [0.2, 0.25) is 0 Å². The molecule has 2 aliphatic heterocycles. The molecule has 2 atom stereocenters. The summed E-state index contributed by atoms with van der Waals surface area (Å²) in [7, 11) is 0. The van der Waals surface area contributed by atoms with Gasteiger partial charge in [0.2, 0.25) is 5.91 Å². The highest BCUT2D eigenvalue weighted by atomic mass is 35.5. The average Bonchev–Trinajstić information content (AvgIpc) is 2.79. The lowest BCUT2D eigenvalue weighted by molar-refractivity contribution is -0.130. The Hall–Kier alpha value is -0.970. The summed E-state index contributed by atoms with van der Waals surface area (Å²) in [4.78, 5) is 27.8. The van der Waals surface area contributed by atoms with Gasteiger partial charge in [-0.3, -0.25) is 4.79 Å². The van der Waals surface area contributed by atoms with Gasteiger partial charge in [0.25, 0.3) is 0 Å². The molecule has 5 nitrogen and oxygen atoms in total. The minimum atomic E-state index is -0.474. The van der Waals surface area contributed by atoms with Crippen molar-refractivity contribution < 1.29 is 14.3 Å². The highest BCUT2D eigenvalue weighted by Gasteiger charge is 2.51. The number of ether oxygens (including phenoxy) is 1. The van der Waals surface area contributed by atoms with Crippen molar-refractivity contribution in [2.75, 3.05) is 32.1 Å². The number of nitrogens with zero attached hydrogens (tertiary/aromatic N) is 2. The Kier molecular flexibility index (Phi) is 4.43. The first-order valence-electron chi connectivity index (χ1n) is 7.46. The second-order valence-electron chi connectivity index (χ2n) is 7.43. The fraction of sp³-hybridized carbons (Fsp3) is 0.867. The highest BCUT2D eigenvalue weighted by Crippen LogP contribution is 2.42. The van der Waals surface area contributed by atoms with Gasteiger partial charge in [0.15, 0.2) is 0 Å². The van der Waals surface area contributed by atoms with E-state index >= 15 is 0 Å². The van der Waals surface area contributed by atoms with Crippen LogP contribution in [0, 0.1) is 11.3 Å². The van der Waals surface area contributed by atoms with E-state index in [0.29, 0.717) is 44.4 Å². The fourth-order valence-corrected chi connectivity index (χ4v) is 3.40. The molecule has 120 valence electrons. The van der Waals surface area contributed by atoms with Crippen molar-refractivity contribution in [3.8, 4) is 0 Å². The molecule has 0 aliphatic carbocycles. The molecule has 2 rings (SSSR count). The van der Waals surface area contributed by atoms with Crippen molar-refractivity contribution in [1.29, 1.82) is 0 Å². The van der Waals surface area contributed by atoms with E-state index in [2.05, 4.69) is 6.92 Å². The van der Waals surface area contributed by atoms with Gasteiger partial charge in [0.05, 0.1) is 0 Å². The maximum Gasteiger partial charge on any atom is 0.410 e. The zero-order valence-corrected chi connectivity index (χ0v) is 14.1. The van der Waals surface area contributed by atoms with Gasteiger partial charge in [-0.05, 0) is 20.8 Å². The molecule has 2 fully saturated rings. The van der Waals surface area contributed by atoms with Crippen LogP contribution in [0.25, 0.3) is 0 Å². The summed E-state index contributed by atoms with van der Waals surface area (Å²) >= 11 is 5.64. The van der Waals surface area contributed by atoms with Gasteiger partial charge in [-0.2, -0.15) is 0 Å². The summed E-state index contributed by atoms with van der Waals surface area (Å²) in [6.07, 6.45) is 0.136. The van der Waals surface area contributed by atoms with Crippen LogP contribution in [0.15, 0.2) is 0 Å². The number of halogens is 1. The van der Waals surface area contributed by atoms with Crippen LogP contribution in [0.5, 0.6) is 0 Å². The summed E-state index contributed by atoms with van der Waals surface area (Å²) < 4.78 is 5.43. The number of carbonyl (C=O) groups excluding carboxylic acids is 2. The maximum absolute atomic E-state index is 12.2. The number of rotatable bonds is 2. The van der Waals surface area contributed by atoms with Crippen LogP contribution < -0.4 is 0 Å². The smallest absolute Gasteiger partial charge is 0.410 e. The Bertz CT molecular complexity index is 435. The first-order chi connectivity index (χ1) is 9.64. The molecule has 0 unspecified atom stereocenters. The standard InChI is InChI=1S/C15H25ClN2O3/c1-14(2,3)21-13(20)18-8-11-7-17(12(19)5-6-16)9-15(11,4)10-18/h11H,5-10H2,1-4H3/t11-,15-/m1/s1. The predicted molar refractivity (Wildman–Crippen MR) is 81.3 cm³/mol. The van der Waals surface area contributed by atoms with Gasteiger partial charge >= 0.3 is 6.09 Å². The van der Waals surface area contributed by atoms with Crippen molar-refractivity contribution >= 4 is 23.6 Å². The van der Waals surface area contributed by atoms with Crippen molar-refractivity contribution in [3.63, 3.8) is 0 Å². The number of likely N-dealkylation sites (tertiary alicyclic amines) is 2. The third kappa shape index (κ3) is 3.62. The summed E-state index contributed by atoms with van der Waals surface area (Å²) in [6.45, 7) is 10.5. The summed E-state index contributed by atoms with van der Waals surface area (Å²) in [6, 6.07) is 0. The number of carbonyl (C=O) groups is 2. The molecule has 21 heavy (non-hydrogen) atoms. The molecule has 6 heteroatoms. The number of alkyl halides is 1. The summed E-state index contributed by atoms with van der Waals surface area (Å²) in [5, 5.41) is 0. The van der Waals surface area contributed by atoms with E-state index < -0.39 is 5.60 Å². The van der Waals surface area contributed by atoms with Crippen LogP contribution in [-0.4, -0.2) is 59.5 Å². The van der Waals surface area contributed by atoms with Gasteiger partial charge in [-0.15, -0.1) is 11.6 Å². The van der Waals surface area contributed by atoms with Crippen LogP contribution in [0.1, 0.15) is 34.1 Å². The zero-order chi connectivity index (χ0) is 15.8. The molecule has 0 saturated carbocycles. The first kappa shape index (κ1) is 16.4. The monoisotopic (exact) mass is 316 g/mol. The normalized spacial score (nSPS) is 28.7. The third-order valence-electron chi connectivity index (χ3n) is 4.28. The summed E-state index contributed by atoms with van der Waals surface area (Å²) in [5.74, 6) is 0.800. The van der Waals surface area contributed by atoms with E-state index in [1.807, 2.05) is 25.7 Å². The van der Waals surface area contributed by atoms with Crippen molar-refractivity contribution in [2.45, 2.75) is 39.7 Å². The van der Waals surface area contributed by atoms with E-state index in [-0.39, 0.29) is 17.4 Å². The Morgan fingerprint density at radius 1 is 1.24 bits per heavy atom. The van der Waals surface area contributed by atoms with Crippen molar-refractivity contribution in [3.05, 3.63) is 0 Å². The van der Waals surface area contributed by atoms with Gasteiger partial charge in [0, 0.05) is 49.8 Å². The lowest BCUT2D eigenvalue weighted by atomic mass is 9.83. The predicted octanol–water partition coefficient (Wildman–Crippen LogP) is 2.33. The van der Waals surface area contributed by atoms with Crippen LogP contribution in [-0.2, 0) is 9.53 Å². The van der Waals surface area contributed by atoms with Gasteiger partial charge in [-0.1, -0.05) is 6.92 Å². The van der Waals surface area contributed by atoms with Gasteiger partial charge in [-0.25, -0.2) is 4.79 Å². The second-order valence-corrected chi connectivity index (χ2v) is 7.80. The second kappa shape index (κ2) is 5.67. The highest BCUT2D eigenvalue weighted by molar-refractivity contribution is 6.18. The van der Waals surface area contributed by atoms with Crippen LogP contribution in [0.4, 0.5) is 4.79 Å². The Morgan fingerprint density at radius 2 is 1.81 bits per heavy atom. The molecular formula is C15H25ClN2O3. The molecule has 0 aromatic heterocycles. The molecule has 0 spiro atoms. The minimum Gasteiger partial charge on any atom is -0.444 e. The first-order valence-corrected chi connectivity index (χ1v) is 8.00. The molecule has 2 amide bonds. The number of amides is 2. The zero-order valence-electron chi connectivity index (χ0n) is 13.3. The molecule has 2 saturated heterocycles. The van der Waals surface area contributed by atoms with Gasteiger partial charge < -0.3 is 14.5 Å². The van der Waals surface area contributed by atoms with E-state index in [0.717, 1.165) is 0 Å². The molecule has 0 bridgehead atoms. The Morgan fingerprint density at radius 3 is 2.33 bits per heavy atom. The van der Waals surface area contributed by atoms with E-state index in [4.69, 9.17) is 16.3 Å². The molecule has 0 aromatic carbocycles. The molecule has 2 heterocycles. The van der Waals surface area contributed by atoms with E-state index in [1.54, 1.807) is 4.90 Å². The SMILES string of the molecule is CC(C)(C)OC(=O)N1C[C@H]2CN(C(=O)CCCl)C[C@]2(C)C1. The van der Waals surface area contributed by atoms with Crippen molar-refractivity contribution in [2.24, 2.45) is 11.3 Å². The fourth-order valence-electron chi connectivity index (χ4n) is 3.23. The maximum atomic E-state index is 12.2. The van der Waals surface area contributed by atoms with E-state index in [9.17, 15) is 9.59 Å². The minimum absolute atomic E-state index is 0.0289. The third-order valence-corrected chi connectivity index (χ3v) is 4.47. The Labute approximate surface area is 131 Å². The number of hydrogen-bond donors (Lipinski definition) is 0. The topological polar surface area (TPSA) is 49.9 Å². The number of fused-ring (bicyclic) bond motifs is 1. The molecule has 0 N–H and O–H groups in total. The van der Waals surface area contributed by atoms with Crippen molar-refractivity contribution in [1.82, 2.24) is 9.80 Å². The largest absolute Gasteiger partial charge is 0.444 e. The van der Waals surface area contributed by atoms with Crippen LogP contribution >= 0.6 is 11.6 Å². The quantitative estimate of drug-likeness (QED) is 0.735. The molecule has 0 radical (unpaired) electrons. The molecular weight excluding hydrogens is 292 g/mol. The number of hydrogen-bond acceptors (Lipinski definition) is 3. The molecule has 0 aromatic rings. The Balaban J connectivity index is 1.95. The van der Waals surface area contributed by atoms with Gasteiger partial charge in [0.1, 0.15) is 5.60 Å². The lowest BCUT2D eigenvalue weighted by Crippen LogP contribution is -2.40. The summed E-state index contributed by atoms with van der Waals surface area (Å²) in [5.41, 5.74) is -0.503. The van der Waals surface area contributed by atoms with E-state index in [1.165, 1.54) is 0 Å². The average molecular weight is 317 g/mol. The van der Waals surface area contributed by atoms with Crippen LogP contribution in [0.3, 0.4) is 0 Å².